The smallest absolute Gasteiger partial charge is 0.205 e. The lowest BCUT2D eigenvalue weighted by molar-refractivity contribution is 0.249. The molecule has 3 aromatic rings. The number of anilines is 1. The van der Waals surface area contributed by atoms with Crippen molar-refractivity contribution in [3.8, 4) is 17.2 Å². The van der Waals surface area contributed by atoms with E-state index in [9.17, 15) is 0 Å². The van der Waals surface area contributed by atoms with Gasteiger partial charge in [-0.05, 0) is 17.7 Å². The van der Waals surface area contributed by atoms with Gasteiger partial charge >= 0.3 is 0 Å². The maximum atomic E-state index is 5.59. The molecule has 0 amide bonds. The average Bonchev–Trinajstić information content (AvgIpc) is 2.78. The molecule has 1 aliphatic heterocycles. The number of hydrogen-bond acceptors (Lipinski definition) is 8. The summed E-state index contributed by atoms with van der Waals surface area (Å²) in [6, 6.07) is 6.02. The van der Waals surface area contributed by atoms with Crippen LogP contribution in [-0.2, 0) is 6.54 Å². The molecule has 29 heavy (non-hydrogen) atoms. The fraction of sp³-hybridized carbons (Fsp3) is 0.381. The van der Waals surface area contributed by atoms with Gasteiger partial charge in [0.1, 0.15) is 17.7 Å². The fourth-order valence-electron chi connectivity index (χ4n) is 3.77. The van der Waals surface area contributed by atoms with Gasteiger partial charge in [0.15, 0.2) is 11.5 Å². The Hall–Kier alpha value is -3.13. The molecular weight excluding hydrogens is 370 g/mol. The molecular formula is C21H25N5O3. The molecule has 1 fully saturated rings. The molecule has 1 aromatic carbocycles. The summed E-state index contributed by atoms with van der Waals surface area (Å²) in [4.78, 5) is 18.0. The van der Waals surface area contributed by atoms with E-state index < -0.39 is 0 Å². The van der Waals surface area contributed by atoms with Crippen LogP contribution in [-0.4, -0.2) is 67.4 Å². The SMILES string of the molecule is COc1cc2c(N3CCN(Cc4cccnc4)CC3)ncnc2c(OC)c1OC. The highest BCUT2D eigenvalue weighted by atomic mass is 16.5. The minimum atomic E-state index is 0.536. The Balaban J connectivity index is 1.60. The van der Waals surface area contributed by atoms with Gasteiger partial charge in [0.2, 0.25) is 5.75 Å². The summed E-state index contributed by atoms with van der Waals surface area (Å²) in [6.45, 7) is 4.56. The van der Waals surface area contributed by atoms with Gasteiger partial charge in [0, 0.05) is 45.1 Å². The van der Waals surface area contributed by atoms with Crippen molar-refractivity contribution in [3.05, 3.63) is 42.5 Å². The number of piperazine rings is 1. The van der Waals surface area contributed by atoms with Crippen molar-refractivity contribution in [2.45, 2.75) is 6.54 Å². The van der Waals surface area contributed by atoms with Crippen LogP contribution in [0, 0.1) is 0 Å². The standard InChI is InChI=1S/C21H25N5O3/c1-27-17-11-16-18(20(29-3)19(17)28-2)23-14-24-21(16)26-9-7-25(8-10-26)13-15-5-4-6-22-12-15/h4-6,11-12,14H,7-10,13H2,1-3H3. The molecule has 0 bridgehead atoms. The van der Waals surface area contributed by atoms with Gasteiger partial charge in [-0.3, -0.25) is 9.88 Å². The van der Waals surface area contributed by atoms with Crippen molar-refractivity contribution < 1.29 is 14.2 Å². The van der Waals surface area contributed by atoms with E-state index in [1.54, 1.807) is 33.9 Å². The van der Waals surface area contributed by atoms with Gasteiger partial charge in [-0.1, -0.05) is 6.07 Å². The monoisotopic (exact) mass is 395 g/mol. The van der Waals surface area contributed by atoms with Crippen LogP contribution in [0.1, 0.15) is 5.56 Å². The van der Waals surface area contributed by atoms with Crippen LogP contribution in [0.25, 0.3) is 10.9 Å². The quantitative estimate of drug-likeness (QED) is 0.630. The summed E-state index contributed by atoms with van der Waals surface area (Å²) >= 11 is 0. The zero-order valence-electron chi connectivity index (χ0n) is 17.0. The lowest BCUT2D eigenvalue weighted by Gasteiger charge is -2.35. The molecule has 0 saturated carbocycles. The summed E-state index contributed by atoms with van der Waals surface area (Å²) in [5.41, 5.74) is 1.95. The predicted octanol–water partition coefficient (Wildman–Crippen LogP) is 2.37. The number of nitrogens with zero attached hydrogens (tertiary/aromatic N) is 5. The lowest BCUT2D eigenvalue weighted by atomic mass is 10.1. The molecule has 3 heterocycles. The van der Waals surface area contributed by atoms with Crippen molar-refractivity contribution in [1.82, 2.24) is 19.9 Å². The van der Waals surface area contributed by atoms with Gasteiger partial charge in [0.05, 0.1) is 26.7 Å². The molecule has 8 nitrogen and oxygen atoms in total. The zero-order valence-corrected chi connectivity index (χ0v) is 17.0. The van der Waals surface area contributed by atoms with Crippen LogP contribution < -0.4 is 19.1 Å². The highest BCUT2D eigenvalue weighted by Gasteiger charge is 2.24. The second kappa shape index (κ2) is 8.48. The summed E-state index contributed by atoms with van der Waals surface area (Å²) in [5.74, 6) is 2.58. The van der Waals surface area contributed by atoms with Crippen LogP contribution >= 0.6 is 0 Å². The number of aromatic nitrogens is 3. The van der Waals surface area contributed by atoms with E-state index in [-0.39, 0.29) is 0 Å². The number of methoxy groups -OCH3 is 3. The number of fused-ring (bicyclic) bond motifs is 1. The van der Waals surface area contributed by atoms with Crippen molar-refractivity contribution in [1.29, 1.82) is 0 Å². The summed E-state index contributed by atoms with van der Waals surface area (Å²) in [7, 11) is 4.81. The third-order valence-electron chi connectivity index (χ3n) is 5.21. The maximum Gasteiger partial charge on any atom is 0.205 e. The van der Waals surface area contributed by atoms with Gasteiger partial charge < -0.3 is 19.1 Å². The molecule has 0 radical (unpaired) electrons. The molecule has 4 rings (SSSR count). The molecule has 0 N–H and O–H groups in total. The molecule has 8 heteroatoms. The third kappa shape index (κ3) is 3.75. The molecule has 152 valence electrons. The number of rotatable bonds is 6. The Bertz CT molecular complexity index is 975. The van der Waals surface area contributed by atoms with Crippen LogP contribution in [0.15, 0.2) is 36.9 Å². The second-order valence-electron chi connectivity index (χ2n) is 6.86. The lowest BCUT2D eigenvalue weighted by Crippen LogP contribution is -2.46. The number of pyridine rings is 1. The summed E-state index contributed by atoms with van der Waals surface area (Å²) in [6.07, 6.45) is 5.31. The maximum absolute atomic E-state index is 5.59. The first-order valence-corrected chi connectivity index (χ1v) is 9.55. The Kier molecular flexibility index (Phi) is 5.62. The minimum Gasteiger partial charge on any atom is -0.493 e. The van der Waals surface area contributed by atoms with Crippen molar-refractivity contribution in [3.63, 3.8) is 0 Å². The second-order valence-corrected chi connectivity index (χ2v) is 6.86. The summed E-state index contributed by atoms with van der Waals surface area (Å²) < 4.78 is 16.6. The van der Waals surface area contributed by atoms with Crippen LogP contribution in [0.5, 0.6) is 17.2 Å². The third-order valence-corrected chi connectivity index (χ3v) is 5.21. The molecule has 0 aliphatic carbocycles. The van der Waals surface area contributed by atoms with Gasteiger partial charge in [-0.2, -0.15) is 0 Å². The van der Waals surface area contributed by atoms with Crippen LogP contribution in [0.3, 0.4) is 0 Å². The van der Waals surface area contributed by atoms with Crippen LogP contribution in [0.4, 0.5) is 5.82 Å². The first-order valence-electron chi connectivity index (χ1n) is 9.55. The van der Waals surface area contributed by atoms with E-state index in [0.29, 0.717) is 22.8 Å². The van der Waals surface area contributed by atoms with Gasteiger partial charge in [0.25, 0.3) is 0 Å². The number of hydrogen-bond donors (Lipinski definition) is 0. The minimum absolute atomic E-state index is 0.536. The van der Waals surface area contributed by atoms with Gasteiger partial charge in [-0.15, -0.1) is 0 Å². The average molecular weight is 395 g/mol. The molecule has 0 atom stereocenters. The van der Waals surface area contributed by atoms with Crippen LogP contribution in [0.2, 0.25) is 0 Å². The first-order chi connectivity index (χ1) is 14.2. The zero-order chi connectivity index (χ0) is 20.2. The largest absolute Gasteiger partial charge is 0.493 e. The van der Waals surface area contributed by atoms with E-state index in [1.165, 1.54) is 5.56 Å². The molecule has 0 unspecified atom stereocenters. The highest BCUT2D eigenvalue weighted by Crippen LogP contribution is 2.44. The molecule has 1 saturated heterocycles. The van der Waals surface area contributed by atoms with Crippen molar-refractivity contribution in [2.24, 2.45) is 0 Å². The van der Waals surface area contributed by atoms with Gasteiger partial charge in [-0.25, -0.2) is 9.97 Å². The Morgan fingerprint density at radius 3 is 2.41 bits per heavy atom. The van der Waals surface area contributed by atoms with E-state index >= 15 is 0 Å². The Morgan fingerprint density at radius 2 is 1.76 bits per heavy atom. The normalized spacial score (nSPS) is 14.8. The number of benzene rings is 1. The highest BCUT2D eigenvalue weighted by molar-refractivity contribution is 5.97. The Labute approximate surface area is 170 Å². The molecule has 1 aliphatic rings. The van der Waals surface area contributed by atoms with Crippen molar-refractivity contribution in [2.75, 3.05) is 52.4 Å². The van der Waals surface area contributed by atoms with E-state index in [0.717, 1.165) is 43.9 Å². The van der Waals surface area contributed by atoms with Crippen molar-refractivity contribution >= 4 is 16.7 Å². The number of ether oxygens (including phenoxy) is 3. The van der Waals surface area contributed by atoms with E-state index in [2.05, 4.69) is 30.8 Å². The predicted molar refractivity (Wildman–Crippen MR) is 111 cm³/mol. The molecule has 0 spiro atoms. The summed E-state index contributed by atoms with van der Waals surface area (Å²) in [5, 5.41) is 0.891. The first kappa shape index (κ1) is 19.2. The Morgan fingerprint density at radius 1 is 0.966 bits per heavy atom. The molecule has 2 aromatic heterocycles. The fourth-order valence-corrected chi connectivity index (χ4v) is 3.77. The topological polar surface area (TPSA) is 72.8 Å². The van der Waals surface area contributed by atoms with E-state index in [4.69, 9.17) is 14.2 Å². The van der Waals surface area contributed by atoms with E-state index in [1.807, 2.05) is 18.3 Å².